The van der Waals surface area contributed by atoms with E-state index in [1.807, 2.05) is 26.0 Å². The van der Waals surface area contributed by atoms with E-state index < -0.39 is 6.04 Å². The molecule has 1 aromatic heterocycles. The minimum absolute atomic E-state index is 0.161. The van der Waals surface area contributed by atoms with Crippen molar-refractivity contribution in [2.45, 2.75) is 20.0 Å². The molecule has 0 N–H and O–H groups in total. The summed E-state index contributed by atoms with van der Waals surface area (Å²) in [5, 5.41) is 4.77. The molecule has 3 aromatic carbocycles. The summed E-state index contributed by atoms with van der Waals surface area (Å²) in [6.07, 6.45) is 0.580. The zero-order valence-electron chi connectivity index (χ0n) is 17.4. The van der Waals surface area contributed by atoms with Crippen molar-refractivity contribution < 1.29 is 4.74 Å². The van der Waals surface area contributed by atoms with Gasteiger partial charge in [-0.3, -0.25) is 4.98 Å². The average Bonchev–Trinajstić information content (AvgIpc) is 2.79. The predicted molar refractivity (Wildman–Crippen MR) is 132 cm³/mol. The van der Waals surface area contributed by atoms with E-state index in [9.17, 15) is 0 Å². The van der Waals surface area contributed by atoms with Gasteiger partial charge in [-0.1, -0.05) is 96.7 Å². The molecule has 0 radical (unpaired) electrons. The van der Waals surface area contributed by atoms with Crippen LogP contribution in [0.4, 0.5) is 0 Å². The lowest BCUT2D eigenvalue weighted by atomic mass is 10.1. The number of nitrogens with zero attached hydrogens (tertiary/aromatic N) is 1. The minimum atomic E-state index is -2.10. The molecule has 4 rings (SSSR count). The number of rotatable bonds is 7. The summed E-state index contributed by atoms with van der Waals surface area (Å²) in [6, 6.07) is 29.5. The van der Waals surface area contributed by atoms with Crippen molar-refractivity contribution in [3.05, 3.63) is 102 Å². The molecule has 4 aromatic rings. The maximum Gasteiger partial charge on any atom is 0.105 e. The molecule has 0 bridgehead atoms. The van der Waals surface area contributed by atoms with Crippen LogP contribution < -0.4 is 10.6 Å². The van der Waals surface area contributed by atoms with Crippen LogP contribution in [-0.4, -0.2) is 17.8 Å². The van der Waals surface area contributed by atoms with Crippen LogP contribution in [0.15, 0.2) is 91.0 Å². The molecule has 0 aliphatic rings. The Labute approximate surface area is 184 Å². The summed E-state index contributed by atoms with van der Waals surface area (Å²) in [5.41, 5.74) is 2.00. The van der Waals surface area contributed by atoms with Gasteiger partial charge in [0.05, 0.1) is 5.69 Å². The normalized spacial score (nSPS) is 12.7. The highest BCUT2D eigenvalue weighted by atomic mass is 32.4. The molecule has 1 atom stereocenters. The predicted octanol–water partition coefficient (Wildman–Crippen LogP) is 5.75. The van der Waals surface area contributed by atoms with E-state index >= 15 is 0 Å². The van der Waals surface area contributed by atoms with Crippen LogP contribution in [0.3, 0.4) is 0 Å². The Balaban J connectivity index is 1.86. The van der Waals surface area contributed by atoms with Crippen LogP contribution in [0.5, 0.6) is 0 Å². The number of fused-ring (bicyclic) bond motifs is 1. The first-order valence-corrected chi connectivity index (χ1v) is 13.3. The van der Waals surface area contributed by atoms with Crippen LogP contribution >= 0.6 is 6.04 Å². The molecule has 4 heteroatoms. The molecule has 2 nitrogen and oxygen atoms in total. The van der Waals surface area contributed by atoms with Gasteiger partial charge in [0.25, 0.3) is 0 Å². The summed E-state index contributed by atoms with van der Waals surface area (Å²) >= 11 is 6.48. The quantitative estimate of drug-likeness (QED) is 0.348. The van der Waals surface area contributed by atoms with Crippen molar-refractivity contribution >= 4 is 39.2 Å². The molecule has 0 fully saturated rings. The van der Waals surface area contributed by atoms with Crippen LogP contribution in [0.25, 0.3) is 10.8 Å². The molecule has 30 heavy (non-hydrogen) atoms. The highest BCUT2D eigenvalue weighted by Gasteiger charge is 2.29. The summed E-state index contributed by atoms with van der Waals surface area (Å²) < 4.78 is 6.33. The second-order valence-corrected chi connectivity index (χ2v) is 12.2. The smallest absolute Gasteiger partial charge is 0.105 e. The molecule has 1 unspecified atom stereocenters. The largest absolute Gasteiger partial charge is 0.372 e. The number of pyridine rings is 1. The van der Waals surface area contributed by atoms with Crippen molar-refractivity contribution in [2.75, 3.05) is 12.8 Å². The van der Waals surface area contributed by atoms with Gasteiger partial charge >= 0.3 is 0 Å². The van der Waals surface area contributed by atoms with E-state index in [-0.39, 0.29) is 6.10 Å². The van der Waals surface area contributed by atoms with E-state index in [0.717, 1.165) is 22.9 Å². The van der Waals surface area contributed by atoms with Gasteiger partial charge in [-0.15, -0.1) is 0 Å². The summed E-state index contributed by atoms with van der Waals surface area (Å²) in [6.45, 7) is 4.70. The standard InChI is InChI=1S/C26H26NOPS/c1-3-28-25(26-24-17-11-10-12-21(24)18-20(2)27-26)19-29(30,22-13-6-4-7-14-22)23-15-8-5-9-16-23/h4-18,25H,3,19H2,1-2H3. The van der Waals surface area contributed by atoms with Crippen LogP contribution in [0.1, 0.15) is 24.4 Å². The van der Waals surface area contributed by atoms with E-state index in [1.54, 1.807) is 0 Å². The number of aryl methyl sites for hydroxylation is 1. The van der Waals surface area contributed by atoms with Crippen molar-refractivity contribution in [3.63, 3.8) is 0 Å². The Morgan fingerprint density at radius 1 is 0.867 bits per heavy atom. The molecule has 0 saturated heterocycles. The third kappa shape index (κ3) is 4.25. The maximum absolute atomic E-state index is 6.48. The molecule has 152 valence electrons. The SMILES string of the molecule is CCOC(CP(=S)(c1ccccc1)c1ccccc1)c1nc(C)cc2ccccc12. The molecular weight excluding hydrogens is 405 g/mol. The Morgan fingerprint density at radius 3 is 2.03 bits per heavy atom. The van der Waals surface area contributed by atoms with Crippen LogP contribution in [0.2, 0.25) is 0 Å². The first kappa shape index (κ1) is 20.9. The summed E-state index contributed by atoms with van der Waals surface area (Å²) in [4.78, 5) is 4.94. The van der Waals surface area contributed by atoms with E-state index in [1.165, 1.54) is 16.0 Å². The van der Waals surface area contributed by atoms with Gasteiger partial charge in [-0.25, -0.2) is 0 Å². The van der Waals surface area contributed by atoms with Crippen molar-refractivity contribution in [1.29, 1.82) is 0 Å². The molecule has 0 spiro atoms. The van der Waals surface area contributed by atoms with E-state index in [2.05, 4.69) is 78.9 Å². The van der Waals surface area contributed by atoms with E-state index in [0.29, 0.717) is 6.61 Å². The Bertz CT molecular complexity index is 1130. The van der Waals surface area contributed by atoms with Gasteiger partial charge in [0.2, 0.25) is 0 Å². The fraction of sp³-hybridized carbons (Fsp3) is 0.192. The summed E-state index contributed by atoms with van der Waals surface area (Å²) in [7, 11) is 0. The summed E-state index contributed by atoms with van der Waals surface area (Å²) in [5.74, 6) is 0. The van der Waals surface area contributed by atoms with Crippen LogP contribution in [-0.2, 0) is 16.5 Å². The second-order valence-electron chi connectivity index (χ2n) is 7.41. The van der Waals surface area contributed by atoms with Gasteiger partial charge < -0.3 is 4.74 Å². The highest BCUT2D eigenvalue weighted by molar-refractivity contribution is 8.21. The van der Waals surface area contributed by atoms with Gasteiger partial charge in [0, 0.05) is 29.9 Å². The molecule has 0 saturated carbocycles. The van der Waals surface area contributed by atoms with Gasteiger partial charge in [-0.05, 0) is 35.9 Å². The number of aromatic nitrogens is 1. The minimum Gasteiger partial charge on any atom is -0.372 e. The number of hydrogen-bond acceptors (Lipinski definition) is 3. The zero-order chi connectivity index (χ0) is 21.0. The van der Waals surface area contributed by atoms with Crippen molar-refractivity contribution in [1.82, 2.24) is 4.98 Å². The third-order valence-electron chi connectivity index (χ3n) is 5.34. The van der Waals surface area contributed by atoms with Gasteiger partial charge in [-0.2, -0.15) is 0 Å². The third-order valence-corrected chi connectivity index (χ3v) is 10.2. The molecule has 0 aliphatic heterocycles. The monoisotopic (exact) mass is 431 g/mol. The van der Waals surface area contributed by atoms with Crippen LogP contribution in [0, 0.1) is 6.92 Å². The lowest BCUT2D eigenvalue weighted by Gasteiger charge is -2.29. The Kier molecular flexibility index (Phi) is 6.43. The molecular formula is C26H26NOPS. The Morgan fingerprint density at radius 2 is 1.43 bits per heavy atom. The lowest BCUT2D eigenvalue weighted by Crippen LogP contribution is -2.23. The number of hydrogen-bond donors (Lipinski definition) is 0. The number of benzene rings is 3. The van der Waals surface area contributed by atoms with Gasteiger partial charge in [0.1, 0.15) is 6.10 Å². The molecule has 1 heterocycles. The first-order valence-electron chi connectivity index (χ1n) is 10.3. The second kappa shape index (κ2) is 9.22. The van der Waals surface area contributed by atoms with Crippen molar-refractivity contribution in [3.8, 4) is 0 Å². The Hall–Kier alpha value is -2.32. The van der Waals surface area contributed by atoms with Gasteiger partial charge in [0.15, 0.2) is 0 Å². The average molecular weight is 432 g/mol. The maximum atomic E-state index is 6.48. The fourth-order valence-electron chi connectivity index (χ4n) is 3.96. The fourth-order valence-corrected chi connectivity index (χ4v) is 7.87. The molecule has 0 amide bonds. The van der Waals surface area contributed by atoms with Crippen molar-refractivity contribution in [2.24, 2.45) is 0 Å². The lowest BCUT2D eigenvalue weighted by molar-refractivity contribution is 0.0772. The van der Waals surface area contributed by atoms with E-state index in [4.69, 9.17) is 21.5 Å². The highest BCUT2D eigenvalue weighted by Crippen LogP contribution is 2.48. The topological polar surface area (TPSA) is 22.1 Å². The first-order chi connectivity index (χ1) is 14.6. The molecule has 0 aliphatic carbocycles. The zero-order valence-corrected chi connectivity index (χ0v) is 19.1. The number of ether oxygens (including phenoxy) is 1.